The van der Waals surface area contributed by atoms with Gasteiger partial charge in [-0.05, 0) is 24.6 Å². The molecular formula is C14H19NO4. The average Bonchev–Trinajstić information content (AvgIpc) is 2.48. The quantitative estimate of drug-likeness (QED) is 0.875. The van der Waals surface area contributed by atoms with Crippen LogP contribution in [0.2, 0.25) is 0 Å². The van der Waals surface area contributed by atoms with Crippen LogP contribution in [0, 0.1) is 0 Å². The molecule has 1 amide bonds. The molecule has 0 aromatic heterocycles. The first kappa shape index (κ1) is 13.8. The number of aliphatic hydroxyl groups excluding tert-OH is 1. The number of rotatable bonds is 4. The zero-order valence-electron chi connectivity index (χ0n) is 11.0. The van der Waals surface area contributed by atoms with E-state index in [1.54, 1.807) is 36.1 Å². The summed E-state index contributed by atoms with van der Waals surface area (Å²) in [5.41, 5.74) is 0.819. The summed E-state index contributed by atoms with van der Waals surface area (Å²) in [6.07, 6.45) is -0.516. The second-order valence-electron chi connectivity index (χ2n) is 4.50. The van der Waals surface area contributed by atoms with E-state index < -0.39 is 6.10 Å². The maximum Gasteiger partial charge on any atom is 0.263 e. The van der Waals surface area contributed by atoms with Crippen LogP contribution in [-0.4, -0.2) is 48.3 Å². The fourth-order valence-electron chi connectivity index (χ4n) is 1.97. The Labute approximate surface area is 112 Å². The molecule has 19 heavy (non-hydrogen) atoms. The molecule has 0 spiro atoms. The molecule has 104 valence electrons. The van der Waals surface area contributed by atoms with Gasteiger partial charge in [0.1, 0.15) is 5.75 Å². The number of hydrogen-bond acceptors (Lipinski definition) is 4. The fraction of sp³-hybridized carbons (Fsp3) is 0.500. The molecule has 0 aliphatic carbocycles. The van der Waals surface area contributed by atoms with E-state index >= 15 is 0 Å². The Morgan fingerprint density at radius 3 is 2.58 bits per heavy atom. The normalized spacial score (nSPS) is 17.1. The van der Waals surface area contributed by atoms with Gasteiger partial charge in [-0.1, -0.05) is 12.1 Å². The van der Waals surface area contributed by atoms with Crippen molar-refractivity contribution < 1.29 is 19.4 Å². The molecule has 1 N–H and O–H groups in total. The van der Waals surface area contributed by atoms with E-state index in [0.717, 1.165) is 5.56 Å². The first-order valence-corrected chi connectivity index (χ1v) is 6.43. The lowest BCUT2D eigenvalue weighted by Gasteiger charge is -2.29. The summed E-state index contributed by atoms with van der Waals surface area (Å²) in [6, 6.07) is 7.08. The van der Waals surface area contributed by atoms with Crippen LogP contribution >= 0.6 is 0 Å². The summed E-state index contributed by atoms with van der Waals surface area (Å²) in [6.45, 7) is 4.17. The third-order valence-corrected chi connectivity index (χ3v) is 3.09. The molecule has 1 aliphatic rings. The zero-order chi connectivity index (χ0) is 13.7. The largest absolute Gasteiger partial charge is 0.481 e. The monoisotopic (exact) mass is 265 g/mol. The van der Waals surface area contributed by atoms with Crippen LogP contribution in [0.1, 0.15) is 12.5 Å². The van der Waals surface area contributed by atoms with Crippen LogP contribution in [0.25, 0.3) is 0 Å². The number of nitrogens with zero attached hydrogens (tertiary/aromatic N) is 1. The van der Waals surface area contributed by atoms with Crippen molar-refractivity contribution in [1.29, 1.82) is 0 Å². The highest BCUT2D eigenvalue weighted by Crippen LogP contribution is 2.15. The molecule has 0 bridgehead atoms. The maximum atomic E-state index is 12.1. The van der Waals surface area contributed by atoms with Crippen molar-refractivity contribution in [3.63, 3.8) is 0 Å². The van der Waals surface area contributed by atoms with Gasteiger partial charge in [0.25, 0.3) is 5.91 Å². The van der Waals surface area contributed by atoms with Gasteiger partial charge in [0.2, 0.25) is 0 Å². The lowest BCUT2D eigenvalue weighted by atomic mass is 10.2. The van der Waals surface area contributed by atoms with E-state index in [-0.39, 0.29) is 12.5 Å². The molecule has 2 rings (SSSR count). The Hall–Kier alpha value is -1.59. The molecule has 0 saturated carbocycles. The Morgan fingerprint density at radius 1 is 1.37 bits per heavy atom. The highest BCUT2D eigenvalue weighted by atomic mass is 16.5. The highest BCUT2D eigenvalue weighted by Gasteiger charge is 2.23. The molecule has 0 radical (unpaired) electrons. The van der Waals surface area contributed by atoms with Crippen molar-refractivity contribution in [3.05, 3.63) is 29.8 Å². The molecule has 1 aromatic rings. The first-order valence-electron chi connectivity index (χ1n) is 6.43. The Morgan fingerprint density at radius 2 is 2.00 bits per heavy atom. The van der Waals surface area contributed by atoms with Gasteiger partial charge < -0.3 is 19.5 Å². The Kier molecular flexibility index (Phi) is 4.76. The van der Waals surface area contributed by atoms with Gasteiger partial charge in [0, 0.05) is 13.1 Å². The number of aliphatic hydroxyl groups is 1. The molecule has 1 aliphatic heterocycles. The number of benzene rings is 1. The maximum absolute atomic E-state index is 12.1. The fourth-order valence-corrected chi connectivity index (χ4v) is 1.97. The summed E-state index contributed by atoms with van der Waals surface area (Å²) in [7, 11) is 0. The Bertz CT molecular complexity index is 412. The number of morpholine rings is 1. The van der Waals surface area contributed by atoms with Crippen LogP contribution < -0.4 is 4.74 Å². The van der Waals surface area contributed by atoms with Gasteiger partial charge in [-0.2, -0.15) is 0 Å². The summed E-state index contributed by atoms with van der Waals surface area (Å²) in [4.78, 5) is 13.9. The van der Waals surface area contributed by atoms with Crippen LogP contribution in [0.15, 0.2) is 24.3 Å². The number of amides is 1. The molecule has 1 unspecified atom stereocenters. The van der Waals surface area contributed by atoms with Gasteiger partial charge in [-0.15, -0.1) is 0 Å². The standard InChI is InChI=1S/C14H19NO4/c1-11(14(17)15-6-8-18-9-7-15)19-13-4-2-12(10-16)3-5-13/h2-5,11,16H,6-10H2,1H3. The molecule has 1 aromatic carbocycles. The summed E-state index contributed by atoms with van der Waals surface area (Å²) < 4.78 is 10.8. The zero-order valence-corrected chi connectivity index (χ0v) is 11.0. The summed E-state index contributed by atoms with van der Waals surface area (Å²) >= 11 is 0. The van der Waals surface area contributed by atoms with E-state index in [9.17, 15) is 4.79 Å². The van der Waals surface area contributed by atoms with Crippen molar-refractivity contribution in [2.45, 2.75) is 19.6 Å². The average molecular weight is 265 g/mol. The molecule has 1 heterocycles. The molecule has 5 heteroatoms. The van der Waals surface area contributed by atoms with Gasteiger partial charge in [0.05, 0.1) is 19.8 Å². The SMILES string of the molecule is CC(Oc1ccc(CO)cc1)C(=O)N1CCOCC1. The lowest BCUT2D eigenvalue weighted by Crippen LogP contribution is -2.46. The van der Waals surface area contributed by atoms with Gasteiger partial charge in [0.15, 0.2) is 6.10 Å². The van der Waals surface area contributed by atoms with Gasteiger partial charge in [-0.25, -0.2) is 0 Å². The van der Waals surface area contributed by atoms with Crippen molar-refractivity contribution in [2.75, 3.05) is 26.3 Å². The second kappa shape index (κ2) is 6.54. The minimum Gasteiger partial charge on any atom is -0.481 e. The van der Waals surface area contributed by atoms with Crippen LogP contribution in [-0.2, 0) is 16.1 Å². The number of carbonyl (C=O) groups is 1. The molecule has 1 fully saturated rings. The number of carbonyl (C=O) groups excluding carboxylic acids is 1. The van der Waals surface area contributed by atoms with Crippen LogP contribution in [0.4, 0.5) is 0 Å². The van der Waals surface area contributed by atoms with Crippen molar-refractivity contribution in [3.8, 4) is 5.75 Å². The molecule has 1 saturated heterocycles. The van der Waals surface area contributed by atoms with Crippen molar-refractivity contribution in [2.24, 2.45) is 0 Å². The third kappa shape index (κ3) is 3.68. The smallest absolute Gasteiger partial charge is 0.263 e. The van der Waals surface area contributed by atoms with Gasteiger partial charge >= 0.3 is 0 Å². The number of ether oxygens (including phenoxy) is 2. The lowest BCUT2D eigenvalue weighted by molar-refractivity contribution is -0.142. The van der Waals surface area contributed by atoms with E-state index in [0.29, 0.717) is 32.1 Å². The minimum atomic E-state index is -0.516. The van der Waals surface area contributed by atoms with E-state index in [1.807, 2.05) is 0 Å². The van der Waals surface area contributed by atoms with E-state index in [4.69, 9.17) is 14.6 Å². The summed E-state index contributed by atoms with van der Waals surface area (Å²) in [5, 5.41) is 8.96. The van der Waals surface area contributed by atoms with Gasteiger partial charge in [-0.3, -0.25) is 4.79 Å². The van der Waals surface area contributed by atoms with Crippen molar-refractivity contribution >= 4 is 5.91 Å². The van der Waals surface area contributed by atoms with E-state index in [1.165, 1.54) is 0 Å². The first-order chi connectivity index (χ1) is 9.20. The topological polar surface area (TPSA) is 59.0 Å². The predicted octanol–water partition coefficient (Wildman–Crippen LogP) is 0.805. The van der Waals surface area contributed by atoms with Crippen molar-refractivity contribution in [1.82, 2.24) is 4.90 Å². The second-order valence-corrected chi connectivity index (χ2v) is 4.50. The predicted molar refractivity (Wildman–Crippen MR) is 69.9 cm³/mol. The van der Waals surface area contributed by atoms with Crippen LogP contribution in [0.3, 0.4) is 0 Å². The van der Waals surface area contributed by atoms with E-state index in [2.05, 4.69) is 0 Å². The highest BCUT2D eigenvalue weighted by molar-refractivity contribution is 5.81. The number of hydrogen-bond donors (Lipinski definition) is 1. The molecule has 1 atom stereocenters. The third-order valence-electron chi connectivity index (χ3n) is 3.09. The van der Waals surface area contributed by atoms with Crippen LogP contribution in [0.5, 0.6) is 5.75 Å². The summed E-state index contributed by atoms with van der Waals surface area (Å²) in [5.74, 6) is 0.612. The Balaban J connectivity index is 1.91. The minimum absolute atomic E-state index is 0.00252. The molecular weight excluding hydrogens is 246 g/mol. The molecule has 5 nitrogen and oxygen atoms in total.